The van der Waals surface area contributed by atoms with Gasteiger partial charge in [-0.05, 0) is 14.1 Å². The smallest absolute Gasteiger partial charge is 0.0657 e. The highest BCUT2D eigenvalue weighted by Crippen LogP contribution is 1.76. The van der Waals surface area contributed by atoms with Gasteiger partial charge in [0, 0.05) is 5.75 Å². The van der Waals surface area contributed by atoms with E-state index in [0.717, 1.165) is 5.75 Å². The van der Waals surface area contributed by atoms with Crippen LogP contribution in [-0.4, -0.2) is 26.0 Å². The van der Waals surface area contributed by atoms with E-state index in [4.69, 9.17) is 0 Å². The van der Waals surface area contributed by atoms with E-state index in [9.17, 15) is 0 Å². The normalized spacial score (nSPS) is 10.3. The molecule has 0 radical (unpaired) electrons. The van der Waals surface area contributed by atoms with Gasteiger partial charge in [0.05, 0.1) is 6.17 Å². The third-order valence-electron chi connectivity index (χ3n) is 0.879. The summed E-state index contributed by atoms with van der Waals surface area (Å²) in [6.07, 6.45) is 0.350. The molecule has 2 nitrogen and oxygen atoms in total. The minimum Gasteiger partial charge on any atom is -0.304 e. The summed E-state index contributed by atoms with van der Waals surface area (Å²) in [6.45, 7) is 0. The maximum absolute atomic E-state index is 4.05. The zero-order valence-electron chi connectivity index (χ0n) is 4.73. The third kappa shape index (κ3) is 2.91. The van der Waals surface area contributed by atoms with Gasteiger partial charge in [0.25, 0.3) is 0 Å². The second-order valence-electron chi connectivity index (χ2n) is 1.31. The maximum atomic E-state index is 4.05. The van der Waals surface area contributed by atoms with Crippen molar-refractivity contribution in [1.29, 1.82) is 0 Å². The van der Waals surface area contributed by atoms with Gasteiger partial charge >= 0.3 is 0 Å². The lowest BCUT2D eigenvalue weighted by Crippen LogP contribution is -2.39. The van der Waals surface area contributed by atoms with Gasteiger partial charge in [0.15, 0.2) is 0 Å². The topological polar surface area (TPSA) is 24.1 Å². The Morgan fingerprint density at radius 1 is 1.43 bits per heavy atom. The first-order valence-corrected chi connectivity index (χ1v) is 2.93. The fourth-order valence-corrected chi connectivity index (χ4v) is 0.692. The molecule has 0 heterocycles. The first-order chi connectivity index (χ1) is 3.35. The van der Waals surface area contributed by atoms with Crippen LogP contribution >= 0.6 is 12.6 Å². The number of rotatable bonds is 3. The summed E-state index contributed by atoms with van der Waals surface area (Å²) < 4.78 is 0. The monoisotopic (exact) mass is 120 g/mol. The Balaban J connectivity index is 2.99. The second-order valence-corrected chi connectivity index (χ2v) is 1.68. The fourth-order valence-electron chi connectivity index (χ4n) is 0.327. The summed E-state index contributed by atoms with van der Waals surface area (Å²) in [5.74, 6) is 0.826. The van der Waals surface area contributed by atoms with Crippen molar-refractivity contribution < 1.29 is 0 Å². The number of nitrogens with one attached hydrogen (secondary N) is 2. The molecule has 3 heteroatoms. The number of hydrogen-bond acceptors (Lipinski definition) is 3. The molecule has 0 aromatic carbocycles. The molecule has 0 bridgehead atoms. The van der Waals surface area contributed by atoms with Crippen molar-refractivity contribution in [2.75, 3.05) is 19.8 Å². The molecule has 44 valence electrons. The average molecular weight is 120 g/mol. The van der Waals surface area contributed by atoms with Crippen molar-refractivity contribution in [3.05, 3.63) is 0 Å². The van der Waals surface area contributed by atoms with E-state index in [1.807, 2.05) is 14.1 Å². The van der Waals surface area contributed by atoms with Crippen molar-refractivity contribution in [2.45, 2.75) is 6.17 Å². The molecule has 0 rings (SSSR count). The van der Waals surface area contributed by atoms with Crippen LogP contribution in [0, 0.1) is 0 Å². The predicted molar refractivity (Wildman–Crippen MR) is 35.8 cm³/mol. The highest BCUT2D eigenvalue weighted by Gasteiger charge is 1.93. The Hall–Kier alpha value is 0.270. The fraction of sp³-hybridized carbons (Fsp3) is 1.00. The van der Waals surface area contributed by atoms with Crippen molar-refractivity contribution in [3.8, 4) is 0 Å². The largest absolute Gasteiger partial charge is 0.304 e. The average Bonchev–Trinajstić information content (AvgIpc) is 1.72. The molecule has 0 saturated carbocycles. The van der Waals surface area contributed by atoms with Gasteiger partial charge in [-0.25, -0.2) is 0 Å². The molecule has 0 aliphatic heterocycles. The van der Waals surface area contributed by atoms with Gasteiger partial charge in [0.1, 0.15) is 0 Å². The molecule has 0 unspecified atom stereocenters. The van der Waals surface area contributed by atoms with E-state index >= 15 is 0 Å². The van der Waals surface area contributed by atoms with Crippen LogP contribution in [0.15, 0.2) is 0 Å². The lowest BCUT2D eigenvalue weighted by molar-refractivity contribution is 0.546. The lowest BCUT2D eigenvalue weighted by atomic mass is 10.6. The summed E-state index contributed by atoms with van der Waals surface area (Å²) in [5.41, 5.74) is 0. The minimum absolute atomic E-state index is 0.350. The van der Waals surface area contributed by atoms with Crippen molar-refractivity contribution >= 4 is 12.6 Å². The van der Waals surface area contributed by atoms with Gasteiger partial charge in [0.2, 0.25) is 0 Å². The van der Waals surface area contributed by atoms with E-state index in [1.54, 1.807) is 0 Å². The number of hydrogen-bond donors (Lipinski definition) is 3. The van der Waals surface area contributed by atoms with Crippen LogP contribution in [0.1, 0.15) is 0 Å². The lowest BCUT2D eigenvalue weighted by Gasteiger charge is -2.09. The summed E-state index contributed by atoms with van der Waals surface area (Å²) >= 11 is 4.05. The van der Waals surface area contributed by atoms with E-state index in [1.165, 1.54) is 0 Å². The molecular weight excluding hydrogens is 108 g/mol. The Bertz CT molecular complexity index is 31.2. The highest BCUT2D eigenvalue weighted by molar-refractivity contribution is 7.80. The summed E-state index contributed by atoms with van der Waals surface area (Å²) in [4.78, 5) is 0. The quantitative estimate of drug-likeness (QED) is 0.351. The van der Waals surface area contributed by atoms with Gasteiger partial charge in [-0.3, -0.25) is 0 Å². The van der Waals surface area contributed by atoms with E-state index in [-0.39, 0.29) is 0 Å². The van der Waals surface area contributed by atoms with Crippen LogP contribution in [0.5, 0.6) is 0 Å². The maximum Gasteiger partial charge on any atom is 0.0657 e. The molecule has 0 fully saturated rings. The van der Waals surface area contributed by atoms with Crippen molar-refractivity contribution in [2.24, 2.45) is 0 Å². The molecule has 0 aliphatic rings. The van der Waals surface area contributed by atoms with Crippen molar-refractivity contribution in [3.63, 3.8) is 0 Å². The molecule has 2 N–H and O–H groups in total. The Morgan fingerprint density at radius 3 is 1.86 bits per heavy atom. The van der Waals surface area contributed by atoms with Crippen LogP contribution in [0.2, 0.25) is 0 Å². The van der Waals surface area contributed by atoms with Crippen LogP contribution in [-0.2, 0) is 0 Å². The minimum atomic E-state index is 0.350. The molecule has 0 aromatic rings. The molecule has 7 heavy (non-hydrogen) atoms. The molecule has 0 amide bonds. The number of thiol groups is 1. The Labute approximate surface area is 50.1 Å². The second kappa shape index (κ2) is 4.43. The molecular formula is C4H12N2S. The predicted octanol–water partition coefficient (Wildman–Crippen LogP) is -0.319. The van der Waals surface area contributed by atoms with E-state index in [2.05, 4.69) is 23.3 Å². The SMILES string of the molecule is CNC(CS)NC. The van der Waals surface area contributed by atoms with Gasteiger partial charge < -0.3 is 10.6 Å². The van der Waals surface area contributed by atoms with Crippen LogP contribution < -0.4 is 10.6 Å². The zero-order valence-corrected chi connectivity index (χ0v) is 5.63. The Morgan fingerprint density at radius 2 is 1.86 bits per heavy atom. The van der Waals surface area contributed by atoms with Crippen LogP contribution in [0.25, 0.3) is 0 Å². The summed E-state index contributed by atoms with van der Waals surface area (Å²) in [5, 5.41) is 6.03. The highest BCUT2D eigenvalue weighted by atomic mass is 32.1. The van der Waals surface area contributed by atoms with E-state index < -0.39 is 0 Å². The van der Waals surface area contributed by atoms with Crippen LogP contribution in [0.4, 0.5) is 0 Å². The third-order valence-corrected chi connectivity index (χ3v) is 1.24. The zero-order chi connectivity index (χ0) is 5.70. The molecule has 0 aromatic heterocycles. The molecule has 0 saturated heterocycles. The van der Waals surface area contributed by atoms with Crippen molar-refractivity contribution in [1.82, 2.24) is 10.6 Å². The first-order valence-electron chi connectivity index (χ1n) is 2.30. The summed E-state index contributed by atoms with van der Waals surface area (Å²) in [6, 6.07) is 0. The molecule has 0 atom stereocenters. The van der Waals surface area contributed by atoms with Crippen LogP contribution in [0.3, 0.4) is 0 Å². The molecule has 0 spiro atoms. The van der Waals surface area contributed by atoms with Gasteiger partial charge in [-0.1, -0.05) is 0 Å². The standard InChI is InChI=1S/C4H12N2S/c1-5-4(3-7)6-2/h4-7H,3H2,1-2H3. The summed E-state index contributed by atoms with van der Waals surface area (Å²) in [7, 11) is 3.80. The first kappa shape index (κ1) is 7.27. The Kier molecular flexibility index (Phi) is 4.60. The van der Waals surface area contributed by atoms with E-state index in [0.29, 0.717) is 6.17 Å². The van der Waals surface area contributed by atoms with Gasteiger partial charge in [-0.2, -0.15) is 12.6 Å². The van der Waals surface area contributed by atoms with Gasteiger partial charge in [-0.15, -0.1) is 0 Å². The molecule has 0 aliphatic carbocycles.